The van der Waals surface area contributed by atoms with Gasteiger partial charge in [0.15, 0.2) is 5.69 Å². The molecular weight excluding hydrogens is 471 g/mol. The van der Waals surface area contributed by atoms with E-state index in [1.807, 2.05) is 0 Å². The van der Waals surface area contributed by atoms with Crippen LogP contribution in [0.5, 0.6) is 17.2 Å². The number of carbonyl (C=O) groups is 1. The van der Waals surface area contributed by atoms with E-state index in [0.717, 1.165) is 22.1 Å². The van der Waals surface area contributed by atoms with Crippen molar-refractivity contribution in [2.75, 3.05) is 14.2 Å². The fraction of sp³-hybridized carbons (Fsp3) is 0.174. The fourth-order valence-electron chi connectivity index (χ4n) is 3.25. The van der Waals surface area contributed by atoms with Gasteiger partial charge in [0, 0.05) is 29.5 Å². The molecule has 0 saturated carbocycles. The minimum absolute atomic E-state index is 0.0268. The van der Waals surface area contributed by atoms with Crippen LogP contribution in [0.2, 0.25) is 0 Å². The molecule has 11 heteroatoms. The van der Waals surface area contributed by atoms with Gasteiger partial charge < -0.3 is 14.2 Å². The molecule has 0 radical (unpaired) electrons. The van der Waals surface area contributed by atoms with Gasteiger partial charge >= 0.3 is 12.1 Å². The summed E-state index contributed by atoms with van der Waals surface area (Å²) in [6.45, 7) is 1.28. The van der Waals surface area contributed by atoms with Crippen molar-refractivity contribution in [3.63, 3.8) is 0 Å². The van der Waals surface area contributed by atoms with Gasteiger partial charge in [-0.2, -0.15) is 18.3 Å². The number of methoxy groups -OCH3 is 2. The molecule has 0 aliphatic heterocycles. The molecule has 176 valence electrons. The normalized spacial score (nSPS) is 11.4. The van der Waals surface area contributed by atoms with E-state index in [4.69, 9.17) is 14.2 Å². The van der Waals surface area contributed by atoms with Gasteiger partial charge in [0.2, 0.25) is 5.13 Å². The number of hydrogen-bond acceptors (Lipinski definition) is 7. The number of carbonyl (C=O) groups excluding carboxylic acids is 1. The zero-order valence-electron chi connectivity index (χ0n) is 18.2. The van der Waals surface area contributed by atoms with Crippen LogP contribution in [-0.2, 0) is 11.0 Å². The third-order valence-electron chi connectivity index (χ3n) is 4.75. The molecule has 0 unspecified atom stereocenters. The highest BCUT2D eigenvalue weighted by Gasteiger charge is 2.37. The van der Waals surface area contributed by atoms with Gasteiger partial charge in [-0.3, -0.25) is 4.79 Å². The van der Waals surface area contributed by atoms with Crippen molar-refractivity contribution in [3.8, 4) is 44.9 Å². The summed E-state index contributed by atoms with van der Waals surface area (Å²) in [4.78, 5) is 15.6. The van der Waals surface area contributed by atoms with E-state index in [-0.39, 0.29) is 10.8 Å². The molecule has 0 atom stereocenters. The molecule has 2 aromatic carbocycles. The molecule has 0 saturated heterocycles. The lowest BCUT2D eigenvalue weighted by molar-refractivity contribution is -0.142. The molecular formula is C23H18F3N3O4S. The van der Waals surface area contributed by atoms with E-state index in [0.29, 0.717) is 34.1 Å². The van der Waals surface area contributed by atoms with Gasteiger partial charge in [-0.1, -0.05) is 12.1 Å². The Morgan fingerprint density at radius 2 is 1.79 bits per heavy atom. The van der Waals surface area contributed by atoms with Crippen LogP contribution in [0.25, 0.3) is 27.6 Å². The molecule has 2 heterocycles. The van der Waals surface area contributed by atoms with E-state index in [2.05, 4.69) is 10.1 Å². The van der Waals surface area contributed by atoms with E-state index in [1.165, 1.54) is 21.1 Å². The summed E-state index contributed by atoms with van der Waals surface area (Å²) in [7, 11) is 2.89. The predicted molar refractivity (Wildman–Crippen MR) is 120 cm³/mol. The quantitative estimate of drug-likeness (QED) is 0.258. The Hall–Kier alpha value is -3.86. The van der Waals surface area contributed by atoms with Crippen LogP contribution < -0.4 is 14.2 Å². The van der Waals surface area contributed by atoms with E-state index in [9.17, 15) is 18.0 Å². The lowest BCUT2D eigenvalue weighted by Crippen LogP contribution is -2.13. The van der Waals surface area contributed by atoms with Crippen molar-refractivity contribution in [1.82, 2.24) is 14.8 Å². The number of thiazole rings is 1. The molecule has 0 spiro atoms. The number of halogens is 3. The van der Waals surface area contributed by atoms with Crippen LogP contribution in [0.4, 0.5) is 13.2 Å². The first-order valence-corrected chi connectivity index (χ1v) is 10.7. The Kier molecular flexibility index (Phi) is 6.29. The second-order valence-corrected chi connectivity index (χ2v) is 7.86. The Bertz CT molecular complexity index is 1350. The molecule has 4 aromatic rings. The van der Waals surface area contributed by atoms with Gasteiger partial charge in [-0.05, 0) is 30.3 Å². The highest BCUT2D eigenvalue weighted by molar-refractivity contribution is 7.12. The van der Waals surface area contributed by atoms with Crippen LogP contribution in [0, 0.1) is 0 Å². The third-order valence-corrected chi connectivity index (χ3v) is 5.57. The first kappa shape index (κ1) is 23.3. The van der Waals surface area contributed by atoms with Crippen LogP contribution in [0.15, 0.2) is 53.9 Å². The first-order valence-electron chi connectivity index (χ1n) is 9.84. The average molecular weight is 489 g/mol. The molecule has 0 fully saturated rings. The SMILES string of the molecule is COc1ccc(-c2cc(C(F)(F)F)n(-c3nc(-c4cccc(OC(C)=O)c4)cs3)n2)c(OC)c1. The summed E-state index contributed by atoms with van der Waals surface area (Å²) in [5, 5.41) is 5.84. The summed E-state index contributed by atoms with van der Waals surface area (Å²) in [5.41, 5.74) is 0.467. The Morgan fingerprint density at radius 3 is 2.47 bits per heavy atom. The maximum atomic E-state index is 13.9. The van der Waals surface area contributed by atoms with Crippen molar-refractivity contribution in [3.05, 3.63) is 59.6 Å². The maximum absolute atomic E-state index is 13.9. The molecule has 0 N–H and O–H groups in total. The monoisotopic (exact) mass is 489 g/mol. The van der Waals surface area contributed by atoms with Gasteiger partial charge in [0.25, 0.3) is 0 Å². The highest BCUT2D eigenvalue weighted by Crippen LogP contribution is 2.38. The number of ether oxygens (including phenoxy) is 3. The smallest absolute Gasteiger partial charge is 0.433 e. The molecule has 2 aromatic heterocycles. The Morgan fingerprint density at radius 1 is 1.00 bits per heavy atom. The number of alkyl halides is 3. The van der Waals surface area contributed by atoms with E-state index in [1.54, 1.807) is 47.8 Å². The molecule has 0 amide bonds. The lowest BCUT2D eigenvalue weighted by atomic mass is 10.1. The first-order chi connectivity index (χ1) is 16.2. The number of benzene rings is 2. The molecule has 7 nitrogen and oxygen atoms in total. The summed E-state index contributed by atoms with van der Waals surface area (Å²) >= 11 is 1.00. The zero-order chi connectivity index (χ0) is 24.5. The van der Waals surface area contributed by atoms with Crippen molar-refractivity contribution < 1.29 is 32.2 Å². The minimum Gasteiger partial charge on any atom is -0.497 e. The van der Waals surface area contributed by atoms with Gasteiger partial charge in [-0.25, -0.2) is 9.67 Å². The number of rotatable bonds is 6. The Labute approximate surface area is 196 Å². The second kappa shape index (κ2) is 9.18. The number of hydrogen-bond donors (Lipinski definition) is 0. The van der Waals surface area contributed by atoms with Crippen LogP contribution in [0.1, 0.15) is 12.6 Å². The van der Waals surface area contributed by atoms with E-state index < -0.39 is 17.8 Å². The topological polar surface area (TPSA) is 75.5 Å². The summed E-state index contributed by atoms with van der Waals surface area (Å²) in [6.07, 6.45) is -4.67. The van der Waals surface area contributed by atoms with Crippen LogP contribution in [0.3, 0.4) is 0 Å². The average Bonchev–Trinajstić information content (AvgIpc) is 3.46. The van der Waals surface area contributed by atoms with Crippen molar-refractivity contribution in [1.29, 1.82) is 0 Å². The second-order valence-electron chi connectivity index (χ2n) is 7.03. The summed E-state index contributed by atoms with van der Waals surface area (Å²) in [6, 6.07) is 12.3. The summed E-state index contributed by atoms with van der Waals surface area (Å²) in [5.74, 6) is 0.643. The molecule has 0 bridgehead atoms. The Balaban J connectivity index is 1.77. The van der Waals surface area contributed by atoms with Crippen molar-refractivity contribution in [2.24, 2.45) is 0 Å². The molecule has 4 rings (SSSR count). The summed E-state index contributed by atoms with van der Waals surface area (Å²) < 4.78 is 58.0. The standard InChI is InChI=1S/C23H18F3N3O4S/c1-13(30)33-16-6-4-5-14(9-16)19-12-34-22(27-19)29-21(23(24,25)26)11-18(28-29)17-8-7-15(31-2)10-20(17)32-3/h4-12H,1-3H3. The van der Waals surface area contributed by atoms with Gasteiger partial charge in [0.05, 0.1) is 25.6 Å². The van der Waals surface area contributed by atoms with Gasteiger partial charge in [-0.15, -0.1) is 11.3 Å². The molecule has 0 aliphatic carbocycles. The lowest BCUT2D eigenvalue weighted by Gasteiger charge is -2.08. The minimum atomic E-state index is -4.67. The predicted octanol–water partition coefficient (Wildman–Crippen LogP) is 5.62. The van der Waals surface area contributed by atoms with Crippen molar-refractivity contribution in [2.45, 2.75) is 13.1 Å². The number of esters is 1. The van der Waals surface area contributed by atoms with Crippen LogP contribution >= 0.6 is 11.3 Å². The third kappa shape index (κ3) is 4.74. The largest absolute Gasteiger partial charge is 0.497 e. The van der Waals surface area contributed by atoms with E-state index >= 15 is 0 Å². The molecule has 0 aliphatic rings. The van der Waals surface area contributed by atoms with Crippen molar-refractivity contribution >= 4 is 17.3 Å². The highest BCUT2D eigenvalue weighted by atomic mass is 32.1. The molecule has 34 heavy (non-hydrogen) atoms. The van der Waals surface area contributed by atoms with Crippen LogP contribution in [-0.4, -0.2) is 35.0 Å². The number of nitrogens with zero attached hydrogens (tertiary/aromatic N) is 3. The maximum Gasteiger partial charge on any atom is 0.433 e. The fourth-order valence-corrected chi connectivity index (χ4v) is 4.05. The van der Waals surface area contributed by atoms with Gasteiger partial charge in [0.1, 0.15) is 17.2 Å². The zero-order valence-corrected chi connectivity index (χ0v) is 19.0. The number of aromatic nitrogens is 3.